The van der Waals surface area contributed by atoms with Crippen molar-refractivity contribution in [2.45, 2.75) is 58.4 Å². The molecule has 19 heavy (non-hydrogen) atoms. The lowest BCUT2D eigenvalue weighted by Crippen LogP contribution is -2.27. The fourth-order valence-corrected chi connectivity index (χ4v) is 2.26. The van der Waals surface area contributed by atoms with E-state index in [1.165, 1.54) is 37.7 Å². The van der Waals surface area contributed by atoms with E-state index in [-0.39, 0.29) is 6.04 Å². The van der Waals surface area contributed by atoms with E-state index in [0.717, 1.165) is 12.2 Å². The molecule has 0 radical (unpaired) electrons. The van der Waals surface area contributed by atoms with Crippen molar-refractivity contribution in [1.29, 1.82) is 0 Å². The van der Waals surface area contributed by atoms with E-state index in [2.05, 4.69) is 24.5 Å². The summed E-state index contributed by atoms with van der Waals surface area (Å²) in [5.41, 5.74) is 4.16. The van der Waals surface area contributed by atoms with Crippen LogP contribution in [0.3, 0.4) is 0 Å². The summed E-state index contributed by atoms with van der Waals surface area (Å²) < 4.78 is 5.45. The number of unbranched alkanes of at least 4 members (excludes halogenated alkanes) is 4. The monoisotopic (exact) mass is 264 g/mol. The predicted molar refractivity (Wildman–Crippen MR) is 81.1 cm³/mol. The number of hydrogen-bond acceptors (Lipinski definition) is 3. The van der Waals surface area contributed by atoms with E-state index in [1.807, 2.05) is 19.1 Å². The molecule has 108 valence electrons. The van der Waals surface area contributed by atoms with Crippen LogP contribution in [0.15, 0.2) is 24.3 Å². The highest BCUT2D eigenvalue weighted by Crippen LogP contribution is 2.22. The van der Waals surface area contributed by atoms with Crippen LogP contribution in [0, 0.1) is 0 Å². The summed E-state index contributed by atoms with van der Waals surface area (Å²) in [6.45, 7) is 4.94. The van der Waals surface area contributed by atoms with E-state index < -0.39 is 0 Å². The van der Waals surface area contributed by atoms with Crippen molar-refractivity contribution in [1.82, 2.24) is 5.43 Å². The van der Waals surface area contributed by atoms with Crippen molar-refractivity contribution >= 4 is 0 Å². The molecule has 1 rings (SSSR count). The van der Waals surface area contributed by atoms with Gasteiger partial charge in [-0.3, -0.25) is 11.3 Å². The van der Waals surface area contributed by atoms with Crippen molar-refractivity contribution in [3.05, 3.63) is 29.8 Å². The number of hydrazine groups is 1. The first-order valence-electron chi connectivity index (χ1n) is 7.50. The third kappa shape index (κ3) is 6.08. The molecular weight excluding hydrogens is 236 g/mol. The molecule has 1 aromatic carbocycles. The van der Waals surface area contributed by atoms with Crippen LogP contribution in [-0.2, 0) is 0 Å². The van der Waals surface area contributed by atoms with Gasteiger partial charge in [0.15, 0.2) is 0 Å². The number of ether oxygens (including phenoxy) is 1. The highest BCUT2D eigenvalue weighted by atomic mass is 16.5. The fraction of sp³-hybridized carbons (Fsp3) is 0.625. The zero-order valence-electron chi connectivity index (χ0n) is 12.3. The van der Waals surface area contributed by atoms with Crippen molar-refractivity contribution in [2.24, 2.45) is 5.84 Å². The molecule has 0 aliphatic heterocycles. The summed E-state index contributed by atoms with van der Waals surface area (Å²) in [5, 5.41) is 0. The van der Waals surface area contributed by atoms with Crippen LogP contribution in [0.2, 0.25) is 0 Å². The Bertz CT molecular complexity index is 324. The highest BCUT2D eigenvalue weighted by Gasteiger charge is 2.09. The first-order valence-corrected chi connectivity index (χ1v) is 7.50. The molecule has 0 aromatic heterocycles. The molecule has 0 heterocycles. The third-order valence-corrected chi connectivity index (χ3v) is 3.39. The Labute approximate surface area is 117 Å². The molecule has 0 bridgehead atoms. The van der Waals surface area contributed by atoms with Crippen LogP contribution in [0.25, 0.3) is 0 Å². The van der Waals surface area contributed by atoms with Crippen LogP contribution < -0.4 is 16.0 Å². The topological polar surface area (TPSA) is 47.3 Å². The van der Waals surface area contributed by atoms with Crippen molar-refractivity contribution in [3.8, 4) is 5.75 Å². The number of hydrogen-bond donors (Lipinski definition) is 2. The lowest BCUT2D eigenvalue weighted by atomic mass is 10.0. The van der Waals surface area contributed by atoms with Gasteiger partial charge in [0, 0.05) is 6.04 Å². The van der Waals surface area contributed by atoms with Crippen molar-refractivity contribution in [2.75, 3.05) is 6.61 Å². The Balaban J connectivity index is 2.40. The summed E-state index contributed by atoms with van der Waals surface area (Å²) in [5.74, 6) is 6.58. The number of benzene rings is 1. The first kappa shape index (κ1) is 16.0. The third-order valence-electron chi connectivity index (χ3n) is 3.39. The molecule has 1 aromatic rings. The molecule has 1 atom stereocenters. The number of rotatable bonds is 10. The molecule has 3 heteroatoms. The van der Waals surface area contributed by atoms with Crippen molar-refractivity contribution < 1.29 is 4.74 Å². The lowest BCUT2D eigenvalue weighted by Gasteiger charge is -2.16. The Morgan fingerprint density at radius 2 is 1.74 bits per heavy atom. The van der Waals surface area contributed by atoms with Crippen LogP contribution in [-0.4, -0.2) is 6.61 Å². The molecule has 0 saturated carbocycles. The van der Waals surface area contributed by atoms with Gasteiger partial charge in [-0.2, -0.15) is 0 Å². The van der Waals surface area contributed by atoms with Crippen molar-refractivity contribution in [3.63, 3.8) is 0 Å². The minimum Gasteiger partial charge on any atom is -0.494 e. The summed E-state index contributed by atoms with van der Waals surface area (Å²) in [6.07, 6.45) is 7.57. The maximum atomic E-state index is 5.66. The number of nitrogens with two attached hydrogens (primary N) is 1. The van der Waals surface area contributed by atoms with Gasteiger partial charge in [0.2, 0.25) is 0 Å². The Morgan fingerprint density at radius 3 is 2.32 bits per heavy atom. The van der Waals surface area contributed by atoms with E-state index >= 15 is 0 Å². The normalized spacial score (nSPS) is 12.4. The standard InChI is InChI=1S/C16H28N2O/c1-3-5-6-7-8-9-16(18-17)14-10-12-15(13-11-14)19-4-2/h10-13,16,18H,3-9,17H2,1-2H3. The molecular formula is C16H28N2O. The molecule has 3 nitrogen and oxygen atoms in total. The average Bonchev–Trinajstić information content (AvgIpc) is 2.44. The zero-order valence-corrected chi connectivity index (χ0v) is 12.3. The lowest BCUT2D eigenvalue weighted by molar-refractivity contribution is 0.340. The molecule has 0 aliphatic carbocycles. The zero-order chi connectivity index (χ0) is 13.9. The van der Waals surface area contributed by atoms with Gasteiger partial charge in [0.1, 0.15) is 5.75 Å². The Kier molecular flexibility index (Phi) is 8.26. The van der Waals surface area contributed by atoms with Gasteiger partial charge in [-0.1, -0.05) is 51.2 Å². The van der Waals surface area contributed by atoms with Gasteiger partial charge in [-0.25, -0.2) is 0 Å². The second-order valence-corrected chi connectivity index (χ2v) is 4.92. The maximum Gasteiger partial charge on any atom is 0.119 e. The van der Waals surface area contributed by atoms with Crippen LogP contribution in [0.4, 0.5) is 0 Å². The Morgan fingerprint density at radius 1 is 1.05 bits per heavy atom. The minimum atomic E-state index is 0.248. The average molecular weight is 264 g/mol. The summed E-state index contributed by atoms with van der Waals surface area (Å²) in [6, 6.07) is 8.47. The first-order chi connectivity index (χ1) is 9.31. The van der Waals surface area contributed by atoms with Gasteiger partial charge >= 0.3 is 0 Å². The molecule has 0 aliphatic rings. The quantitative estimate of drug-likeness (QED) is 0.382. The van der Waals surface area contributed by atoms with Crippen LogP contribution >= 0.6 is 0 Å². The Hall–Kier alpha value is -1.06. The van der Waals surface area contributed by atoms with E-state index in [0.29, 0.717) is 6.61 Å². The maximum absolute atomic E-state index is 5.66. The van der Waals surface area contributed by atoms with Crippen LogP contribution in [0.1, 0.15) is 64.0 Å². The summed E-state index contributed by atoms with van der Waals surface area (Å²) in [4.78, 5) is 0. The molecule has 1 unspecified atom stereocenters. The highest BCUT2D eigenvalue weighted by molar-refractivity contribution is 5.29. The largest absolute Gasteiger partial charge is 0.494 e. The minimum absolute atomic E-state index is 0.248. The fourth-order valence-electron chi connectivity index (χ4n) is 2.26. The van der Waals surface area contributed by atoms with E-state index in [1.54, 1.807) is 0 Å². The van der Waals surface area contributed by atoms with Gasteiger partial charge < -0.3 is 4.74 Å². The number of nitrogens with one attached hydrogen (secondary N) is 1. The second kappa shape index (κ2) is 9.82. The second-order valence-electron chi connectivity index (χ2n) is 4.92. The van der Waals surface area contributed by atoms with Crippen LogP contribution in [0.5, 0.6) is 5.75 Å². The van der Waals surface area contributed by atoms with E-state index in [4.69, 9.17) is 10.6 Å². The smallest absolute Gasteiger partial charge is 0.119 e. The molecule has 3 N–H and O–H groups in total. The predicted octanol–water partition coefficient (Wildman–Crippen LogP) is 3.95. The molecule has 0 saturated heterocycles. The molecule has 0 amide bonds. The van der Waals surface area contributed by atoms with Gasteiger partial charge in [-0.15, -0.1) is 0 Å². The molecule has 0 spiro atoms. The van der Waals surface area contributed by atoms with E-state index in [9.17, 15) is 0 Å². The SMILES string of the molecule is CCCCCCCC(NN)c1ccc(OCC)cc1. The molecule has 0 fully saturated rings. The van der Waals surface area contributed by atoms with Gasteiger partial charge in [0.05, 0.1) is 6.61 Å². The van der Waals surface area contributed by atoms with Gasteiger partial charge in [-0.05, 0) is 31.0 Å². The van der Waals surface area contributed by atoms with Gasteiger partial charge in [0.25, 0.3) is 0 Å². The summed E-state index contributed by atoms with van der Waals surface area (Å²) in [7, 11) is 0. The summed E-state index contributed by atoms with van der Waals surface area (Å²) >= 11 is 0.